The second-order valence-electron chi connectivity index (χ2n) is 4.77. The Labute approximate surface area is 123 Å². The zero-order valence-corrected chi connectivity index (χ0v) is 13.5. The molecule has 2 rings (SSSR count). The first kappa shape index (κ1) is 13.5. The lowest BCUT2D eigenvalue weighted by atomic mass is 10.2. The molecule has 2 nitrogen and oxygen atoms in total. The standard InChI is InChI=1S/C15H19IN2/c1-10-5-6-14(8-15(10)16)17-9-13-7-11(2)18(4)12(13)3/h5-8,17H,9H2,1-4H3. The van der Waals surface area contributed by atoms with Gasteiger partial charge in [0.05, 0.1) is 0 Å². The van der Waals surface area contributed by atoms with Gasteiger partial charge in [-0.25, -0.2) is 0 Å². The normalized spacial score (nSPS) is 10.7. The van der Waals surface area contributed by atoms with Crippen LogP contribution in [0.3, 0.4) is 0 Å². The van der Waals surface area contributed by atoms with Gasteiger partial charge in [0.1, 0.15) is 0 Å². The van der Waals surface area contributed by atoms with E-state index in [0.29, 0.717) is 0 Å². The minimum absolute atomic E-state index is 0.882. The Morgan fingerprint density at radius 2 is 1.89 bits per heavy atom. The third-order valence-electron chi connectivity index (χ3n) is 3.53. The van der Waals surface area contributed by atoms with Gasteiger partial charge < -0.3 is 9.88 Å². The maximum atomic E-state index is 3.49. The molecule has 1 aromatic carbocycles. The topological polar surface area (TPSA) is 17.0 Å². The molecule has 0 radical (unpaired) electrons. The van der Waals surface area contributed by atoms with Crippen molar-refractivity contribution in [1.29, 1.82) is 0 Å². The summed E-state index contributed by atoms with van der Waals surface area (Å²) in [5, 5.41) is 3.49. The fourth-order valence-electron chi connectivity index (χ4n) is 2.01. The molecule has 0 saturated heterocycles. The van der Waals surface area contributed by atoms with Gasteiger partial charge in [-0.1, -0.05) is 6.07 Å². The minimum atomic E-state index is 0.882. The number of hydrogen-bond donors (Lipinski definition) is 1. The summed E-state index contributed by atoms with van der Waals surface area (Å²) in [6.07, 6.45) is 0. The summed E-state index contributed by atoms with van der Waals surface area (Å²) in [5.74, 6) is 0. The lowest BCUT2D eigenvalue weighted by Crippen LogP contribution is -2.01. The van der Waals surface area contributed by atoms with E-state index in [1.165, 1.54) is 31.8 Å². The average Bonchev–Trinajstić information content (AvgIpc) is 2.58. The molecule has 3 heteroatoms. The van der Waals surface area contributed by atoms with Crippen LogP contribution in [0.1, 0.15) is 22.5 Å². The molecule has 1 N–H and O–H groups in total. The number of hydrogen-bond acceptors (Lipinski definition) is 1. The van der Waals surface area contributed by atoms with E-state index in [4.69, 9.17) is 0 Å². The van der Waals surface area contributed by atoms with Crippen LogP contribution in [-0.2, 0) is 13.6 Å². The molecule has 0 unspecified atom stereocenters. The van der Waals surface area contributed by atoms with Crippen LogP contribution in [0.2, 0.25) is 0 Å². The smallest absolute Gasteiger partial charge is 0.0418 e. The summed E-state index contributed by atoms with van der Waals surface area (Å²) in [6.45, 7) is 7.33. The minimum Gasteiger partial charge on any atom is -0.381 e. The fraction of sp³-hybridized carbons (Fsp3) is 0.333. The van der Waals surface area contributed by atoms with E-state index in [1.54, 1.807) is 0 Å². The van der Waals surface area contributed by atoms with Crippen LogP contribution in [0.25, 0.3) is 0 Å². The van der Waals surface area contributed by atoms with Gasteiger partial charge in [0.25, 0.3) is 0 Å². The van der Waals surface area contributed by atoms with Gasteiger partial charge in [0, 0.05) is 34.2 Å². The van der Waals surface area contributed by atoms with Gasteiger partial charge >= 0.3 is 0 Å². The highest BCUT2D eigenvalue weighted by Gasteiger charge is 2.05. The van der Waals surface area contributed by atoms with E-state index in [9.17, 15) is 0 Å². The highest BCUT2D eigenvalue weighted by molar-refractivity contribution is 14.1. The Bertz CT molecular complexity index is 570. The van der Waals surface area contributed by atoms with Crippen LogP contribution >= 0.6 is 22.6 Å². The summed E-state index contributed by atoms with van der Waals surface area (Å²) in [5.41, 5.74) is 6.52. The molecule has 0 saturated carbocycles. The maximum Gasteiger partial charge on any atom is 0.0418 e. The first-order valence-electron chi connectivity index (χ1n) is 6.11. The summed E-state index contributed by atoms with van der Waals surface area (Å²) < 4.78 is 3.54. The van der Waals surface area contributed by atoms with Crippen molar-refractivity contribution in [2.24, 2.45) is 7.05 Å². The third kappa shape index (κ3) is 2.71. The lowest BCUT2D eigenvalue weighted by Gasteiger charge is -2.08. The molecule has 0 aliphatic carbocycles. The van der Waals surface area contributed by atoms with Crippen LogP contribution in [0.4, 0.5) is 5.69 Å². The number of benzene rings is 1. The molecule has 0 aliphatic heterocycles. The molecule has 0 fully saturated rings. The van der Waals surface area contributed by atoms with Crippen molar-refractivity contribution < 1.29 is 0 Å². The predicted molar refractivity (Wildman–Crippen MR) is 86.1 cm³/mol. The van der Waals surface area contributed by atoms with Gasteiger partial charge in [-0.15, -0.1) is 0 Å². The number of anilines is 1. The van der Waals surface area contributed by atoms with E-state index >= 15 is 0 Å². The molecule has 0 bridgehead atoms. The fourth-order valence-corrected chi connectivity index (χ4v) is 2.53. The van der Waals surface area contributed by atoms with Gasteiger partial charge in [-0.2, -0.15) is 0 Å². The van der Waals surface area contributed by atoms with Gasteiger partial charge in [0.2, 0.25) is 0 Å². The maximum absolute atomic E-state index is 3.49. The first-order chi connectivity index (χ1) is 8.49. The van der Waals surface area contributed by atoms with E-state index in [0.717, 1.165) is 6.54 Å². The summed E-state index contributed by atoms with van der Waals surface area (Å²) in [6, 6.07) is 8.75. The van der Waals surface area contributed by atoms with E-state index in [1.807, 2.05) is 0 Å². The average molecular weight is 354 g/mol. The van der Waals surface area contributed by atoms with Crippen LogP contribution in [0.5, 0.6) is 0 Å². The zero-order chi connectivity index (χ0) is 13.3. The third-order valence-corrected chi connectivity index (χ3v) is 4.70. The predicted octanol–water partition coefficient (Wildman–Crippen LogP) is 4.17. The Morgan fingerprint density at radius 1 is 1.17 bits per heavy atom. The SMILES string of the molecule is Cc1ccc(NCc2cc(C)n(C)c2C)cc1I. The number of aryl methyl sites for hydroxylation is 2. The summed E-state index contributed by atoms with van der Waals surface area (Å²) in [7, 11) is 2.11. The quantitative estimate of drug-likeness (QED) is 0.819. The molecular weight excluding hydrogens is 335 g/mol. The van der Waals surface area contributed by atoms with Crippen molar-refractivity contribution in [3.63, 3.8) is 0 Å². The van der Waals surface area contributed by atoms with Gasteiger partial charge in [-0.3, -0.25) is 0 Å². The van der Waals surface area contributed by atoms with Crippen LogP contribution < -0.4 is 5.32 Å². The van der Waals surface area contributed by atoms with Crippen molar-refractivity contribution in [2.75, 3.05) is 5.32 Å². The van der Waals surface area contributed by atoms with Crippen LogP contribution in [0.15, 0.2) is 24.3 Å². The van der Waals surface area contributed by atoms with E-state index in [-0.39, 0.29) is 0 Å². The summed E-state index contributed by atoms with van der Waals surface area (Å²) >= 11 is 2.38. The Kier molecular flexibility index (Phi) is 4.00. The molecule has 18 heavy (non-hydrogen) atoms. The molecule has 0 atom stereocenters. The number of rotatable bonds is 3. The second-order valence-corrected chi connectivity index (χ2v) is 5.94. The highest BCUT2D eigenvalue weighted by atomic mass is 127. The van der Waals surface area contributed by atoms with Crippen molar-refractivity contribution in [1.82, 2.24) is 4.57 Å². The monoisotopic (exact) mass is 354 g/mol. The highest BCUT2D eigenvalue weighted by Crippen LogP contribution is 2.19. The number of nitrogens with zero attached hydrogens (tertiary/aromatic N) is 1. The molecule has 96 valence electrons. The summed E-state index contributed by atoms with van der Waals surface area (Å²) in [4.78, 5) is 0. The number of aromatic nitrogens is 1. The molecule has 0 amide bonds. The first-order valence-corrected chi connectivity index (χ1v) is 7.18. The lowest BCUT2D eigenvalue weighted by molar-refractivity contribution is 0.837. The second kappa shape index (κ2) is 5.34. The Hall–Kier alpha value is -0.970. The Balaban J connectivity index is 2.11. The largest absolute Gasteiger partial charge is 0.381 e. The van der Waals surface area contributed by atoms with Crippen LogP contribution in [-0.4, -0.2) is 4.57 Å². The van der Waals surface area contributed by atoms with Gasteiger partial charge in [0.15, 0.2) is 0 Å². The van der Waals surface area contributed by atoms with Crippen molar-refractivity contribution in [3.05, 3.63) is 50.4 Å². The van der Waals surface area contributed by atoms with E-state index in [2.05, 4.69) is 84.6 Å². The van der Waals surface area contributed by atoms with Crippen molar-refractivity contribution in [3.8, 4) is 0 Å². The molecule has 0 spiro atoms. The van der Waals surface area contributed by atoms with Crippen molar-refractivity contribution >= 4 is 28.3 Å². The molecule has 1 heterocycles. The molecule has 2 aromatic rings. The zero-order valence-electron chi connectivity index (χ0n) is 11.3. The van der Waals surface area contributed by atoms with E-state index < -0.39 is 0 Å². The molecular formula is C15H19IN2. The Morgan fingerprint density at radius 3 is 2.44 bits per heavy atom. The number of halogens is 1. The molecule has 0 aliphatic rings. The molecule has 1 aromatic heterocycles. The van der Waals surface area contributed by atoms with Crippen LogP contribution in [0, 0.1) is 24.3 Å². The number of nitrogens with one attached hydrogen (secondary N) is 1. The van der Waals surface area contributed by atoms with Gasteiger partial charge in [-0.05, 0) is 72.7 Å². The van der Waals surface area contributed by atoms with Crippen molar-refractivity contribution in [2.45, 2.75) is 27.3 Å².